The molecule has 74 valence electrons. The van der Waals surface area contributed by atoms with E-state index in [9.17, 15) is 5.11 Å². The lowest BCUT2D eigenvalue weighted by atomic mass is 10.2. The van der Waals surface area contributed by atoms with Crippen LogP contribution in [0.4, 0.5) is 0 Å². The lowest BCUT2D eigenvalue weighted by Gasteiger charge is -2.05. The molecular weight excluding hydrogens is 176 g/mol. The molecule has 0 amide bonds. The highest BCUT2D eigenvalue weighted by molar-refractivity contribution is 5.86. The van der Waals surface area contributed by atoms with Gasteiger partial charge in [-0.1, -0.05) is 6.07 Å². The van der Waals surface area contributed by atoms with Gasteiger partial charge in [-0.3, -0.25) is 0 Å². The van der Waals surface area contributed by atoms with Gasteiger partial charge in [0.25, 0.3) is 0 Å². The fourth-order valence-electron chi connectivity index (χ4n) is 1.55. The number of hydrogen-bond donors (Lipinski definition) is 3. The van der Waals surface area contributed by atoms with Crippen molar-refractivity contribution in [2.24, 2.45) is 0 Å². The number of rotatable bonds is 2. The summed E-state index contributed by atoms with van der Waals surface area (Å²) in [5.41, 5.74) is 2.06. The molecule has 1 aromatic carbocycles. The van der Waals surface area contributed by atoms with E-state index >= 15 is 0 Å². The average Bonchev–Trinajstić information content (AvgIpc) is 2.62. The second kappa shape index (κ2) is 3.35. The standard InChI is InChI=1S/C11H14N2O/c1-7(12-2)10-6-8-9(13-10)4-3-5-11(8)14/h3-7,12-14H,1-2H3. The monoisotopic (exact) mass is 190 g/mol. The van der Waals surface area contributed by atoms with Gasteiger partial charge in [-0.05, 0) is 32.2 Å². The van der Waals surface area contributed by atoms with Crippen LogP contribution in [0.25, 0.3) is 10.9 Å². The van der Waals surface area contributed by atoms with Gasteiger partial charge in [0.05, 0.1) is 0 Å². The molecule has 0 saturated heterocycles. The predicted octanol–water partition coefficient (Wildman–Crippen LogP) is 2.15. The zero-order chi connectivity index (χ0) is 10.1. The van der Waals surface area contributed by atoms with Gasteiger partial charge < -0.3 is 15.4 Å². The molecule has 3 N–H and O–H groups in total. The molecule has 0 aliphatic heterocycles. The molecule has 1 atom stereocenters. The molecule has 3 nitrogen and oxygen atoms in total. The van der Waals surface area contributed by atoms with Crippen molar-refractivity contribution in [3.63, 3.8) is 0 Å². The summed E-state index contributed by atoms with van der Waals surface area (Å²) in [4.78, 5) is 3.26. The van der Waals surface area contributed by atoms with Gasteiger partial charge in [0.1, 0.15) is 5.75 Å². The third-order valence-corrected chi connectivity index (χ3v) is 2.56. The summed E-state index contributed by atoms with van der Waals surface area (Å²) in [5.74, 6) is 0.327. The van der Waals surface area contributed by atoms with Gasteiger partial charge in [0.2, 0.25) is 0 Å². The van der Waals surface area contributed by atoms with Gasteiger partial charge in [-0.2, -0.15) is 0 Å². The van der Waals surface area contributed by atoms with Crippen LogP contribution in [0.3, 0.4) is 0 Å². The maximum atomic E-state index is 9.60. The minimum atomic E-state index is 0.266. The Morgan fingerprint density at radius 3 is 2.86 bits per heavy atom. The summed E-state index contributed by atoms with van der Waals surface area (Å²) in [6.45, 7) is 2.07. The van der Waals surface area contributed by atoms with Gasteiger partial charge in [-0.25, -0.2) is 0 Å². The van der Waals surface area contributed by atoms with Crippen molar-refractivity contribution in [2.45, 2.75) is 13.0 Å². The van der Waals surface area contributed by atoms with E-state index in [1.54, 1.807) is 6.07 Å². The first-order valence-electron chi connectivity index (χ1n) is 4.70. The van der Waals surface area contributed by atoms with E-state index in [4.69, 9.17) is 0 Å². The number of benzene rings is 1. The Kier molecular flexibility index (Phi) is 2.17. The fourth-order valence-corrected chi connectivity index (χ4v) is 1.55. The number of nitrogens with one attached hydrogen (secondary N) is 2. The first kappa shape index (κ1) is 9.09. The van der Waals surface area contributed by atoms with E-state index in [0.29, 0.717) is 5.75 Å². The molecule has 1 heterocycles. The van der Waals surface area contributed by atoms with Crippen LogP contribution in [0.15, 0.2) is 24.3 Å². The van der Waals surface area contributed by atoms with Gasteiger partial charge in [-0.15, -0.1) is 0 Å². The second-order valence-electron chi connectivity index (χ2n) is 3.47. The zero-order valence-corrected chi connectivity index (χ0v) is 8.33. The van der Waals surface area contributed by atoms with E-state index in [0.717, 1.165) is 16.6 Å². The van der Waals surface area contributed by atoms with Crippen molar-refractivity contribution < 1.29 is 5.11 Å². The number of aromatic nitrogens is 1. The second-order valence-corrected chi connectivity index (χ2v) is 3.47. The van der Waals surface area contributed by atoms with Crippen LogP contribution < -0.4 is 5.32 Å². The predicted molar refractivity (Wildman–Crippen MR) is 57.4 cm³/mol. The van der Waals surface area contributed by atoms with Crippen LogP contribution >= 0.6 is 0 Å². The summed E-state index contributed by atoms with van der Waals surface area (Å²) in [6, 6.07) is 7.74. The van der Waals surface area contributed by atoms with E-state index in [-0.39, 0.29) is 6.04 Å². The van der Waals surface area contributed by atoms with E-state index < -0.39 is 0 Å². The largest absolute Gasteiger partial charge is 0.507 e. The molecular formula is C11H14N2O. The average molecular weight is 190 g/mol. The minimum absolute atomic E-state index is 0.266. The van der Waals surface area contributed by atoms with Crippen LogP contribution in [-0.4, -0.2) is 17.1 Å². The third kappa shape index (κ3) is 1.36. The highest BCUT2D eigenvalue weighted by atomic mass is 16.3. The molecule has 14 heavy (non-hydrogen) atoms. The van der Waals surface area contributed by atoms with Crippen molar-refractivity contribution in [2.75, 3.05) is 7.05 Å². The summed E-state index contributed by atoms with van der Waals surface area (Å²) in [7, 11) is 1.91. The molecule has 0 bridgehead atoms. The molecule has 2 aromatic rings. The maximum Gasteiger partial charge on any atom is 0.124 e. The maximum absolute atomic E-state index is 9.60. The Morgan fingerprint density at radius 1 is 1.43 bits per heavy atom. The number of hydrogen-bond acceptors (Lipinski definition) is 2. The van der Waals surface area contributed by atoms with Crippen LogP contribution in [0.1, 0.15) is 18.7 Å². The number of aromatic hydroxyl groups is 1. The highest BCUT2D eigenvalue weighted by Gasteiger charge is 2.08. The van der Waals surface area contributed by atoms with Crippen molar-refractivity contribution in [1.29, 1.82) is 0 Å². The van der Waals surface area contributed by atoms with Crippen molar-refractivity contribution in [3.05, 3.63) is 30.0 Å². The Bertz CT molecular complexity index is 447. The summed E-state index contributed by atoms with van der Waals surface area (Å²) in [6.07, 6.45) is 0. The number of phenolic OH excluding ortho intramolecular Hbond substituents is 1. The molecule has 0 radical (unpaired) electrons. The van der Waals surface area contributed by atoms with E-state index in [1.165, 1.54) is 0 Å². The molecule has 0 fully saturated rings. The number of fused-ring (bicyclic) bond motifs is 1. The normalized spacial score (nSPS) is 13.3. The smallest absolute Gasteiger partial charge is 0.124 e. The summed E-state index contributed by atoms with van der Waals surface area (Å²) >= 11 is 0. The van der Waals surface area contributed by atoms with Crippen LogP contribution in [0, 0.1) is 0 Å². The number of aromatic amines is 1. The number of phenols is 1. The Labute approximate surface area is 82.8 Å². The Morgan fingerprint density at radius 2 is 2.21 bits per heavy atom. The molecule has 1 unspecified atom stereocenters. The topological polar surface area (TPSA) is 48.0 Å². The lowest BCUT2D eigenvalue weighted by Crippen LogP contribution is -2.12. The third-order valence-electron chi connectivity index (χ3n) is 2.56. The molecule has 0 aliphatic carbocycles. The van der Waals surface area contributed by atoms with Crippen molar-refractivity contribution >= 4 is 10.9 Å². The molecule has 1 aromatic heterocycles. The summed E-state index contributed by atoms with van der Waals surface area (Å²) in [5, 5.41) is 13.6. The van der Waals surface area contributed by atoms with Crippen LogP contribution in [0.2, 0.25) is 0 Å². The zero-order valence-electron chi connectivity index (χ0n) is 8.33. The van der Waals surface area contributed by atoms with Gasteiger partial charge in [0.15, 0.2) is 0 Å². The molecule has 0 spiro atoms. The Hall–Kier alpha value is -1.48. The molecule has 0 aliphatic rings. The van der Waals surface area contributed by atoms with Crippen LogP contribution in [-0.2, 0) is 0 Å². The minimum Gasteiger partial charge on any atom is -0.507 e. The fraction of sp³-hybridized carbons (Fsp3) is 0.273. The van der Waals surface area contributed by atoms with Crippen molar-refractivity contribution in [3.8, 4) is 5.75 Å². The number of H-pyrrole nitrogens is 1. The highest BCUT2D eigenvalue weighted by Crippen LogP contribution is 2.26. The van der Waals surface area contributed by atoms with Crippen molar-refractivity contribution in [1.82, 2.24) is 10.3 Å². The first-order chi connectivity index (χ1) is 6.72. The van der Waals surface area contributed by atoms with Gasteiger partial charge >= 0.3 is 0 Å². The van der Waals surface area contributed by atoms with E-state index in [2.05, 4.69) is 17.2 Å². The van der Waals surface area contributed by atoms with Gasteiger partial charge in [0, 0.05) is 22.6 Å². The molecule has 0 saturated carbocycles. The van der Waals surface area contributed by atoms with E-state index in [1.807, 2.05) is 25.2 Å². The molecule has 2 rings (SSSR count). The molecule has 3 heteroatoms. The summed E-state index contributed by atoms with van der Waals surface area (Å²) < 4.78 is 0. The SMILES string of the molecule is CNC(C)c1cc2c(O)cccc2[nH]1. The van der Waals surface area contributed by atoms with Crippen LogP contribution in [0.5, 0.6) is 5.75 Å². The lowest BCUT2D eigenvalue weighted by molar-refractivity contribution is 0.481. The Balaban J connectivity index is 2.56. The quantitative estimate of drug-likeness (QED) is 0.679. The first-order valence-corrected chi connectivity index (χ1v) is 4.70.